The molecule has 1 aromatic rings. The molecule has 2 N–H and O–H groups in total. The number of rotatable bonds is 4. The van der Waals surface area contributed by atoms with E-state index in [1.165, 1.54) is 6.07 Å². The highest BCUT2D eigenvalue weighted by Gasteiger charge is 2.22. The number of anilines is 1. The molecule has 2 unspecified atom stereocenters. The van der Waals surface area contributed by atoms with E-state index in [1.54, 1.807) is 6.07 Å². The summed E-state index contributed by atoms with van der Waals surface area (Å²) in [6.45, 7) is 2.82. The fourth-order valence-electron chi connectivity index (χ4n) is 1.85. The Bertz CT molecular complexity index is 387. The Labute approximate surface area is 99.0 Å². The van der Waals surface area contributed by atoms with Crippen LogP contribution < -0.4 is 5.32 Å². The minimum Gasteiger partial charge on any atom is -0.476 e. The van der Waals surface area contributed by atoms with Crippen molar-refractivity contribution in [1.82, 2.24) is 10.2 Å². The van der Waals surface area contributed by atoms with Gasteiger partial charge in [0.2, 0.25) is 0 Å². The fraction of sp³-hybridized carbons (Fsp3) is 0.545. The smallest absolute Gasteiger partial charge is 0.356 e. The first-order chi connectivity index (χ1) is 8.16. The van der Waals surface area contributed by atoms with E-state index in [-0.39, 0.29) is 17.8 Å². The van der Waals surface area contributed by atoms with Crippen LogP contribution in [0.1, 0.15) is 30.3 Å². The quantitative estimate of drug-likeness (QED) is 0.817. The van der Waals surface area contributed by atoms with Crippen molar-refractivity contribution < 1.29 is 14.6 Å². The molecule has 2 atom stereocenters. The van der Waals surface area contributed by atoms with Crippen LogP contribution >= 0.6 is 0 Å². The minimum atomic E-state index is -1.07. The molecule has 0 aromatic carbocycles. The van der Waals surface area contributed by atoms with Crippen molar-refractivity contribution in [2.24, 2.45) is 0 Å². The maximum absolute atomic E-state index is 10.6. The predicted molar refractivity (Wildman–Crippen MR) is 61.1 cm³/mol. The van der Waals surface area contributed by atoms with Crippen molar-refractivity contribution >= 4 is 11.8 Å². The molecule has 2 rings (SSSR count). The molecule has 0 amide bonds. The highest BCUT2D eigenvalue weighted by atomic mass is 16.5. The normalized spacial score (nSPS) is 21.1. The zero-order valence-electron chi connectivity index (χ0n) is 9.59. The topological polar surface area (TPSA) is 84.3 Å². The second kappa shape index (κ2) is 5.09. The van der Waals surface area contributed by atoms with E-state index in [1.807, 2.05) is 6.92 Å². The van der Waals surface area contributed by atoms with Crippen LogP contribution in [0.5, 0.6) is 0 Å². The molecule has 6 nitrogen and oxygen atoms in total. The summed E-state index contributed by atoms with van der Waals surface area (Å²) in [7, 11) is 0. The fourth-order valence-corrected chi connectivity index (χ4v) is 1.85. The molecule has 1 aromatic heterocycles. The van der Waals surface area contributed by atoms with Crippen LogP contribution in [0.25, 0.3) is 0 Å². The highest BCUT2D eigenvalue weighted by molar-refractivity contribution is 5.85. The van der Waals surface area contributed by atoms with Crippen LogP contribution in [0.2, 0.25) is 0 Å². The van der Waals surface area contributed by atoms with Gasteiger partial charge in [0.1, 0.15) is 5.82 Å². The van der Waals surface area contributed by atoms with Gasteiger partial charge >= 0.3 is 5.97 Å². The van der Waals surface area contributed by atoms with Crippen molar-refractivity contribution in [2.45, 2.75) is 31.9 Å². The molecular formula is C11H15N3O3. The molecule has 0 saturated carbocycles. The maximum Gasteiger partial charge on any atom is 0.356 e. The van der Waals surface area contributed by atoms with E-state index in [2.05, 4.69) is 15.5 Å². The number of carboxylic acid groups (broad SMARTS) is 1. The third kappa shape index (κ3) is 2.91. The van der Waals surface area contributed by atoms with Crippen LogP contribution in [-0.2, 0) is 4.74 Å². The van der Waals surface area contributed by atoms with Gasteiger partial charge in [0.05, 0.1) is 12.1 Å². The molecule has 0 spiro atoms. The molecule has 0 radical (unpaired) electrons. The van der Waals surface area contributed by atoms with E-state index in [9.17, 15) is 4.79 Å². The number of hydrogen-bond donors (Lipinski definition) is 2. The number of aromatic nitrogens is 2. The lowest BCUT2D eigenvalue weighted by Gasteiger charge is -2.20. The molecule has 6 heteroatoms. The number of nitrogens with one attached hydrogen (secondary N) is 1. The number of ether oxygens (including phenoxy) is 1. The summed E-state index contributed by atoms with van der Waals surface area (Å²) >= 11 is 0. The molecular weight excluding hydrogens is 222 g/mol. The van der Waals surface area contributed by atoms with Gasteiger partial charge in [0.15, 0.2) is 5.69 Å². The standard InChI is InChI=1S/C11H15N3O3/c1-7(9-3-2-6-17-9)12-10-5-4-8(11(15)16)13-14-10/h4-5,7,9H,2-3,6H2,1H3,(H,12,14)(H,15,16). The van der Waals surface area contributed by atoms with E-state index in [0.29, 0.717) is 5.82 Å². The minimum absolute atomic E-state index is 0.0553. The van der Waals surface area contributed by atoms with Crippen molar-refractivity contribution in [3.8, 4) is 0 Å². The third-order valence-corrected chi connectivity index (χ3v) is 2.78. The number of nitrogens with zero attached hydrogens (tertiary/aromatic N) is 2. The summed E-state index contributed by atoms with van der Waals surface area (Å²) in [6, 6.07) is 3.18. The molecule has 2 heterocycles. The summed E-state index contributed by atoms with van der Waals surface area (Å²) in [4.78, 5) is 10.6. The molecule has 17 heavy (non-hydrogen) atoms. The third-order valence-electron chi connectivity index (χ3n) is 2.78. The lowest BCUT2D eigenvalue weighted by atomic mass is 10.1. The van der Waals surface area contributed by atoms with Gasteiger partial charge in [0, 0.05) is 6.61 Å². The first-order valence-corrected chi connectivity index (χ1v) is 5.62. The van der Waals surface area contributed by atoms with E-state index in [4.69, 9.17) is 9.84 Å². The Morgan fingerprint density at radius 1 is 1.59 bits per heavy atom. The summed E-state index contributed by atoms with van der Waals surface area (Å²) in [5, 5.41) is 19.3. The lowest BCUT2D eigenvalue weighted by Crippen LogP contribution is -2.30. The second-order valence-corrected chi connectivity index (χ2v) is 4.09. The number of aromatic carboxylic acids is 1. The zero-order valence-corrected chi connectivity index (χ0v) is 9.59. The Kier molecular flexibility index (Phi) is 3.53. The summed E-state index contributed by atoms with van der Waals surface area (Å²) < 4.78 is 5.54. The van der Waals surface area contributed by atoms with Gasteiger partial charge < -0.3 is 15.2 Å². The first kappa shape index (κ1) is 11.8. The van der Waals surface area contributed by atoms with E-state index >= 15 is 0 Å². The van der Waals surface area contributed by atoms with Crippen LogP contribution in [0.4, 0.5) is 5.82 Å². The summed E-state index contributed by atoms with van der Waals surface area (Å²) in [5.41, 5.74) is -0.0553. The molecule has 0 bridgehead atoms. The van der Waals surface area contributed by atoms with Gasteiger partial charge in [-0.3, -0.25) is 0 Å². The van der Waals surface area contributed by atoms with Crippen LogP contribution in [0, 0.1) is 0 Å². The first-order valence-electron chi connectivity index (χ1n) is 5.62. The van der Waals surface area contributed by atoms with Crippen molar-refractivity contribution in [2.75, 3.05) is 11.9 Å². The van der Waals surface area contributed by atoms with Crippen molar-refractivity contribution in [3.63, 3.8) is 0 Å². The van der Waals surface area contributed by atoms with E-state index in [0.717, 1.165) is 19.4 Å². The molecule has 1 aliphatic rings. The molecule has 1 fully saturated rings. The average Bonchev–Trinajstić information content (AvgIpc) is 2.83. The van der Waals surface area contributed by atoms with Crippen molar-refractivity contribution in [3.05, 3.63) is 17.8 Å². The molecule has 92 valence electrons. The molecule has 1 aliphatic heterocycles. The molecule has 0 aliphatic carbocycles. The maximum atomic E-state index is 10.6. The second-order valence-electron chi connectivity index (χ2n) is 4.09. The van der Waals surface area contributed by atoms with Crippen LogP contribution in [0.15, 0.2) is 12.1 Å². The zero-order chi connectivity index (χ0) is 12.3. The van der Waals surface area contributed by atoms with Crippen LogP contribution in [-0.4, -0.2) is 40.0 Å². The van der Waals surface area contributed by atoms with Gasteiger partial charge in [-0.05, 0) is 31.9 Å². The van der Waals surface area contributed by atoms with Crippen LogP contribution in [0.3, 0.4) is 0 Å². The Morgan fingerprint density at radius 3 is 2.94 bits per heavy atom. The predicted octanol–water partition coefficient (Wildman–Crippen LogP) is 1.15. The van der Waals surface area contributed by atoms with Gasteiger partial charge in [-0.15, -0.1) is 10.2 Å². The van der Waals surface area contributed by atoms with Gasteiger partial charge in [-0.1, -0.05) is 0 Å². The number of carboxylic acids is 1. The van der Waals surface area contributed by atoms with Crippen molar-refractivity contribution in [1.29, 1.82) is 0 Å². The summed E-state index contributed by atoms with van der Waals surface area (Å²) in [5.74, 6) is -0.505. The summed E-state index contributed by atoms with van der Waals surface area (Å²) in [6.07, 6.45) is 2.31. The van der Waals surface area contributed by atoms with Gasteiger partial charge in [-0.25, -0.2) is 4.79 Å². The van der Waals surface area contributed by atoms with E-state index < -0.39 is 5.97 Å². The largest absolute Gasteiger partial charge is 0.476 e. The van der Waals surface area contributed by atoms with Gasteiger partial charge in [0.25, 0.3) is 0 Å². The monoisotopic (exact) mass is 237 g/mol. The average molecular weight is 237 g/mol. The number of hydrogen-bond acceptors (Lipinski definition) is 5. The Balaban J connectivity index is 1.96. The lowest BCUT2D eigenvalue weighted by molar-refractivity contribution is 0.0689. The highest BCUT2D eigenvalue weighted by Crippen LogP contribution is 2.17. The SMILES string of the molecule is CC(Nc1ccc(C(=O)O)nn1)C1CCCO1. The Hall–Kier alpha value is -1.69. The number of carbonyl (C=O) groups is 1. The van der Waals surface area contributed by atoms with Gasteiger partial charge in [-0.2, -0.15) is 0 Å². The Morgan fingerprint density at radius 2 is 2.41 bits per heavy atom. The molecule has 1 saturated heterocycles.